The largest absolute Gasteiger partial charge is 2.00 e. The molecule has 12 heavy (non-hydrogen) atoms. The third-order valence-electron chi connectivity index (χ3n) is 1.31. The molecule has 0 aliphatic heterocycles. The van der Waals surface area contributed by atoms with Gasteiger partial charge in [-0.2, -0.15) is 0 Å². The van der Waals surface area contributed by atoms with Crippen LogP contribution in [-0.2, 0) is 19.5 Å². The van der Waals surface area contributed by atoms with Crippen LogP contribution in [0.25, 0.3) is 0 Å². The van der Waals surface area contributed by atoms with Crippen molar-refractivity contribution in [2.45, 2.75) is 0 Å². The molecule has 0 rings (SSSR count). The molecular formula is C8H19N3Zn. The third kappa shape index (κ3) is 13.1. The Hall–Kier alpha value is 0.503. The summed E-state index contributed by atoms with van der Waals surface area (Å²) in [5.74, 6) is 0. The Morgan fingerprint density at radius 2 is 1.00 bits per heavy atom. The molecule has 0 aromatic carbocycles. The van der Waals surface area contributed by atoms with Crippen LogP contribution in [0.3, 0.4) is 0 Å². The van der Waals surface area contributed by atoms with Gasteiger partial charge in [-0.05, 0) is 0 Å². The quantitative estimate of drug-likeness (QED) is 0.292. The van der Waals surface area contributed by atoms with Gasteiger partial charge in [-0.1, -0.05) is 0 Å². The Balaban J connectivity index is 0. The first-order valence-electron chi connectivity index (χ1n) is 4.12. The molecule has 0 aromatic heterocycles. The minimum atomic E-state index is 0. The standard InChI is InChI=1S/C8H19N3.Zn/c1-3-9-5-7-11-8-6-10-4-2;/h9-11H,1-8H2;/q-2;+2. The minimum Gasteiger partial charge on any atom is -0.345 e. The average Bonchev–Trinajstić information content (AvgIpc) is 2.03. The molecule has 68 valence electrons. The molecule has 0 saturated carbocycles. The molecule has 0 aliphatic rings. The van der Waals surface area contributed by atoms with Crippen molar-refractivity contribution in [1.29, 1.82) is 0 Å². The van der Waals surface area contributed by atoms with E-state index in [0.717, 1.165) is 39.3 Å². The fraction of sp³-hybridized carbons (Fsp3) is 0.750. The van der Waals surface area contributed by atoms with E-state index in [-0.39, 0.29) is 19.5 Å². The normalized spacial score (nSPS) is 9.50. The Bertz CT molecular complexity index is 63.3. The van der Waals surface area contributed by atoms with Gasteiger partial charge in [-0.15, -0.1) is 13.1 Å². The molecule has 4 heteroatoms. The van der Waals surface area contributed by atoms with E-state index in [1.165, 1.54) is 0 Å². The number of rotatable bonds is 8. The number of hydrogen-bond donors (Lipinski definition) is 3. The zero-order valence-corrected chi connectivity index (χ0v) is 10.8. The van der Waals surface area contributed by atoms with E-state index in [9.17, 15) is 0 Å². The van der Waals surface area contributed by atoms with Gasteiger partial charge in [0.1, 0.15) is 0 Å². The van der Waals surface area contributed by atoms with Crippen molar-refractivity contribution >= 4 is 0 Å². The van der Waals surface area contributed by atoms with Crippen LogP contribution in [0, 0.1) is 13.8 Å². The monoisotopic (exact) mass is 221 g/mol. The van der Waals surface area contributed by atoms with Crippen LogP contribution in [0.2, 0.25) is 0 Å². The van der Waals surface area contributed by atoms with Gasteiger partial charge in [0, 0.05) is 26.2 Å². The van der Waals surface area contributed by atoms with Crippen LogP contribution < -0.4 is 16.0 Å². The summed E-state index contributed by atoms with van der Waals surface area (Å²) in [4.78, 5) is 0. The van der Waals surface area contributed by atoms with Gasteiger partial charge < -0.3 is 29.8 Å². The molecule has 0 heterocycles. The molecule has 0 amide bonds. The maximum Gasteiger partial charge on any atom is 2.00 e. The van der Waals surface area contributed by atoms with Gasteiger partial charge in [-0.3, -0.25) is 0 Å². The number of hydrogen-bond acceptors (Lipinski definition) is 3. The Morgan fingerprint density at radius 3 is 1.33 bits per heavy atom. The van der Waals surface area contributed by atoms with Crippen LogP contribution in [-0.4, -0.2) is 39.3 Å². The molecule has 0 atom stereocenters. The van der Waals surface area contributed by atoms with Crippen LogP contribution in [0.15, 0.2) is 0 Å². The SMILES string of the molecule is [CH2-]CNCCNCCNC[CH2-].[Zn+2]. The molecule has 0 bridgehead atoms. The first kappa shape index (κ1) is 15.0. The van der Waals surface area contributed by atoms with Gasteiger partial charge >= 0.3 is 19.5 Å². The second kappa shape index (κ2) is 14.1. The van der Waals surface area contributed by atoms with Crippen molar-refractivity contribution in [2.24, 2.45) is 0 Å². The van der Waals surface area contributed by atoms with Gasteiger partial charge in [0.2, 0.25) is 0 Å². The summed E-state index contributed by atoms with van der Waals surface area (Å²) in [6, 6.07) is 0. The van der Waals surface area contributed by atoms with Gasteiger partial charge in [0.05, 0.1) is 0 Å². The molecule has 0 spiro atoms. The molecule has 0 aromatic rings. The zero-order chi connectivity index (χ0) is 8.36. The fourth-order valence-electron chi connectivity index (χ4n) is 0.729. The van der Waals surface area contributed by atoms with Crippen LogP contribution in [0.5, 0.6) is 0 Å². The Kier molecular flexibility index (Phi) is 17.6. The maximum atomic E-state index is 3.67. The van der Waals surface area contributed by atoms with E-state index in [1.807, 2.05) is 0 Å². The summed E-state index contributed by atoms with van der Waals surface area (Å²) < 4.78 is 0. The fourth-order valence-corrected chi connectivity index (χ4v) is 0.729. The van der Waals surface area contributed by atoms with Crippen molar-refractivity contribution < 1.29 is 19.5 Å². The molecule has 0 fully saturated rings. The first-order valence-corrected chi connectivity index (χ1v) is 4.12. The van der Waals surface area contributed by atoms with E-state index < -0.39 is 0 Å². The van der Waals surface area contributed by atoms with Gasteiger partial charge in [0.25, 0.3) is 0 Å². The minimum absolute atomic E-state index is 0. The van der Waals surface area contributed by atoms with E-state index in [4.69, 9.17) is 0 Å². The van der Waals surface area contributed by atoms with Crippen molar-refractivity contribution in [3.63, 3.8) is 0 Å². The van der Waals surface area contributed by atoms with Gasteiger partial charge in [0.15, 0.2) is 0 Å². The third-order valence-corrected chi connectivity index (χ3v) is 1.31. The average molecular weight is 223 g/mol. The predicted molar refractivity (Wildman–Crippen MR) is 49.3 cm³/mol. The van der Waals surface area contributed by atoms with E-state index in [0.29, 0.717) is 0 Å². The summed E-state index contributed by atoms with van der Waals surface area (Å²) >= 11 is 0. The summed E-state index contributed by atoms with van der Waals surface area (Å²) in [6.45, 7) is 13.0. The topological polar surface area (TPSA) is 36.1 Å². The summed E-state index contributed by atoms with van der Waals surface area (Å²) in [6.07, 6.45) is 0. The van der Waals surface area contributed by atoms with Crippen molar-refractivity contribution in [2.75, 3.05) is 39.3 Å². The molecule has 3 N–H and O–H groups in total. The first-order chi connectivity index (χ1) is 5.41. The van der Waals surface area contributed by atoms with Crippen molar-refractivity contribution in [3.05, 3.63) is 13.8 Å². The Labute approximate surface area is 88.8 Å². The van der Waals surface area contributed by atoms with Gasteiger partial charge in [-0.25, -0.2) is 0 Å². The summed E-state index contributed by atoms with van der Waals surface area (Å²) in [7, 11) is 0. The Morgan fingerprint density at radius 1 is 0.667 bits per heavy atom. The van der Waals surface area contributed by atoms with Crippen LogP contribution in [0.1, 0.15) is 0 Å². The zero-order valence-electron chi connectivity index (χ0n) is 7.86. The predicted octanol–water partition coefficient (Wildman–Crippen LogP) is -0.579. The molecule has 0 aliphatic carbocycles. The molecule has 3 nitrogen and oxygen atoms in total. The van der Waals surface area contributed by atoms with Crippen molar-refractivity contribution in [1.82, 2.24) is 16.0 Å². The second-order valence-electron chi connectivity index (χ2n) is 2.25. The second-order valence-corrected chi connectivity index (χ2v) is 2.25. The van der Waals surface area contributed by atoms with E-state index >= 15 is 0 Å². The summed E-state index contributed by atoms with van der Waals surface area (Å²) in [5.41, 5.74) is 0. The molecular weight excluding hydrogens is 203 g/mol. The number of nitrogens with one attached hydrogen (secondary N) is 3. The molecule has 0 saturated heterocycles. The van der Waals surface area contributed by atoms with Crippen LogP contribution >= 0.6 is 0 Å². The summed E-state index contributed by atoms with van der Waals surface area (Å²) in [5, 5.41) is 9.54. The van der Waals surface area contributed by atoms with Crippen LogP contribution in [0.4, 0.5) is 0 Å². The smallest absolute Gasteiger partial charge is 0.345 e. The maximum absolute atomic E-state index is 3.67. The molecule has 0 unspecified atom stereocenters. The van der Waals surface area contributed by atoms with E-state index in [1.54, 1.807) is 0 Å². The van der Waals surface area contributed by atoms with E-state index in [2.05, 4.69) is 29.8 Å². The molecule has 0 radical (unpaired) electrons. The van der Waals surface area contributed by atoms with Crippen molar-refractivity contribution in [3.8, 4) is 0 Å².